The summed E-state index contributed by atoms with van der Waals surface area (Å²) < 4.78 is 6.30. The molecule has 8 heteroatoms. The number of fused-ring (bicyclic) bond motifs is 1. The number of piperidine rings is 2. The molecule has 1 aromatic carbocycles. The van der Waals surface area contributed by atoms with Crippen LogP contribution in [-0.4, -0.2) is 60.7 Å². The number of nitrogens with one attached hydrogen (secondary N) is 1. The van der Waals surface area contributed by atoms with Gasteiger partial charge in [-0.1, -0.05) is 17.4 Å². The molecule has 1 aromatic heterocycles. The van der Waals surface area contributed by atoms with E-state index in [2.05, 4.69) is 36.2 Å². The molecule has 2 amide bonds. The Hall–Kier alpha value is -2.35. The van der Waals surface area contributed by atoms with E-state index in [9.17, 15) is 9.59 Å². The molecule has 0 saturated carbocycles. The number of carbonyl (C=O) groups is 2. The summed E-state index contributed by atoms with van der Waals surface area (Å²) in [6, 6.07) is 4.53. The molecular weight excluding hydrogens is 412 g/mol. The van der Waals surface area contributed by atoms with E-state index in [-0.39, 0.29) is 24.0 Å². The van der Waals surface area contributed by atoms with Crippen molar-refractivity contribution in [3.05, 3.63) is 23.3 Å². The minimum absolute atomic E-state index is 0.0534. The van der Waals surface area contributed by atoms with Crippen molar-refractivity contribution in [1.82, 2.24) is 15.2 Å². The molecule has 7 nitrogen and oxygen atoms in total. The quantitative estimate of drug-likeness (QED) is 0.775. The lowest BCUT2D eigenvalue weighted by molar-refractivity contribution is -0.126. The number of likely N-dealkylation sites (tertiary alicyclic amines) is 1. The number of aryl methyl sites for hydroxylation is 2. The normalized spacial score (nSPS) is 18.4. The maximum absolute atomic E-state index is 12.8. The van der Waals surface area contributed by atoms with Crippen molar-refractivity contribution in [2.75, 3.05) is 37.7 Å². The molecule has 3 heterocycles. The third-order valence-corrected chi connectivity index (χ3v) is 7.39. The summed E-state index contributed by atoms with van der Waals surface area (Å²) >= 11 is 1.75. The molecule has 0 unspecified atom stereocenters. The molecule has 2 aliphatic rings. The van der Waals surface area contributed by atoms with E-state index in [1.165, 1.54) is 15.8 Å². The fourth-order valence-corrected chi connectivity index (χ4v) is 5.76. The second-order valence-corrected chi connectivity index (χ2v) is 9.66. The highest BCUT2D eigenvalue weighted by Gasteiger charge is 2.30. The zero-order valence-electron chi connectivity index (χ0n) is 18.6. The lowest BCUT2D eigenvalue weighted by Crippen LogP contribution is -2.49. The summed E-state index contributed by atoms with van der Waals surface area (Å²) in [5.41, 5.74) is 3.59. The predicted molar refractivity (Wildman–Crippen MR) is 124 cm³/mol. The number of ether oxygens (including phenoxy) is 1. The van der Waals surface area contributed by atoms with Crippen molar-refractivity contribution in [2.24, 2.45) is 5.92 Å². The molecule has 2 aliphatic heterocycles. The van der Waals surface area contributed by atoms with Crippen LogP contribution in [0.15, 0.2) is 12.1 Å². The Balaban J connectivity index is 1.27. The summed E-state index contributed by atoms with van der Waals surface area (Å²) in [5.74, 6) is 0.211. The fourth-order valence-electron chi connectivity index (χ4n) is 4.57. The Labute approximate surface area is 187 Å². The number of amides is 2. The monoisotopic (exact) mass is 444 g/mol. The molecule has 0 bridgehead atoms. The van der Waals surface area contributed by atoms with Crippen molar-refractivity contribution < 1.29 is 14.3 Å². The van der Waals surface area contributed by atoms with Crippen LogP contribution in [0.25, 0.3) is 10.2 Å². The maximum Gasteiger partial charge on any atom is 0.409 e. The number of hydrogen-bond donors (Lipinski definition) is 1. The van der Waals surface area contributed by atoms with Gasteiger partial charge in [0.2, 0.25) is 5.91 Å². The standard InChI is InChI=1S/C23H32N4O3S/c1-4-30-23(29)27-11-7-18(8-12-27)24-21(28)17-5-9-26(10-6-17)22-25-20-16(3)13-15(2)14-19(20)31-22/h13-14,17-18H,4-12H2,1-3H3,(H,24,28). The third kappa shape index (κ3) is 4.95. The molecule has 0 atom stereocenters. The molecule has 2 aromatic rings. The van der Waals surface area contributed by atoms with E-state index in [0.29, 0.717) is 19.7 Å². The van der Waals surface area contributed by atoms with Crippen LogP contribution in [0.1, 0.15) is 43.7 Å². The van der Waals surface area contributed by atoms with Crippen molar-refractivity contribution in [3.8, 4) is 0 Å². The van der Waals surface area contributed by atoms with E-state index in [1.54, 1.807) is 16.2 Å². The molecule has 0 radical (unpaired) electrons. The molecule has 2 saturated heterocycles. The average Bonchev–Trinajstić information content (AvgIpc) is 3.19. The highest BCUT2D eigenvalue weighted by molar-refractivity contribution is 7.22. The van der Waals surface area contributed by atoms with Gasteiger partial charge in [0, 0.05) is 38.1 Å². The highest BCUT2D eigenvalue weighted by atomic mass is 32.1. The van der Waals surface area contributed by atoms with Gasteiger partial charge in [0.25, 0.3) is 0 Å². The first kappa shape index (κ1) is 21.9. The second kappa shape index (κ2) is 9.42. The predicted octanol–water partition coefficient (Wildman–Crippen LogP) is 3.87. The van der Waals surface area contributed by atoms with Crippen LogP contribution in [0.3, 0.4) is 0 Å². The SMILES string of the molecule is CCOC(=O)N1CCC(NC(=O)C2CCN(c3nc4c(C)cc(C)cc4s3)CC2)CC1. The molecule has 31 heavy (non-hydrogen) atoms. The van der Waals surface area contributed by atoms with Gasteiger partial charge < -0.3 is 19.9 Å². The Morgan fingerprint density at radius 2 is 1.84 bits per heavy atom. The van der Waals surface area contributed by atoms with Gasteiger partial charge in [-0.05, 0) is 63.6 Å². The van der Waals surface area contributed by atoms with Crippen molar-refractivity contribution in [2.45, 2.75) is 52.5 Å². The van der Waals surface area contributed by atoms with Gasteiger partial charge in [-0.25, -0.2) is 9.78 Å². The Bertz CT molecular complexity index is 944. The first-order valence-electron chi connectivity index (χ1n) is 11.3. The minimum atomic E-state index is -0.250. The minimum Gasteiger partial charge on any atom is -0.450 e. The molecular formula is C23H32N4O3S. The number of benzene rings is 1. The number of carbonyl (C=O) groups excluding carboxylic acids is 2. The summed E-state index contributed by atoms with van der Waals surface area (Å²) in [6.45, 7) is 9.44. The van der Waals surface area contributed by atoms with Gasteiger partial charge in [-0.2, -0.15) is 0 Å². The van der Waals surface area contributed by atoms with Crippen LogP contribution in [0.5, 0.6) is 0 Å². The largest absolute Gasteiger partial charge is 0.450 e. The summed E-state index contributed by atoms with van der Waals surface area (Å²) in [4.78, 5) is 33.5. The molecule has 0 aliphatic carbocycles. The van der Waals surface area contributed by atoms with E-state index >= 15 is 0 Å². The van der Waals surface area contributed by atoms with E-state index < -0.39 is 0 Å². The number of hydrogen-bond acceptors (Lipinski definition) is 6. The van der Waals surface area contributed by atoms with Crippen molar-refractivity contribution in [3.63, 3.8) is 0 Å². The molecule has 2 fully saturated rings. The van der Waals surface area contributed by atoms with Crippen LogP contribution >= 0.6 is 11.3 Å². The van der Waals surface area contributed by atoms with Gasteiger partial charge in [0.1, 0.15) is 0 Å². The lowest BCUT2D eigenvalue weighted by Gasteiger charge is -2.34. The number of anilines is 1. The fraction of sp³-hybridized carbons (Fsp3) is 0.609. The smallest absolute Gasteiger partial charge is 0.409 e. The molecule has 4 rings (SSSR count). The average molecular weight is 445 g/mol. The van der Waals surface area contributed by atoms with E-state index in [1.807, 2.05) is 6.92 Å². The molecule has 168 valence electrons. The van der Waals surface area contributed by atoms with Gasteiger partial charge >= 0.3 is 6.09 Å². The topological polar surface area (TPSA) is 74.8 Å². The van der Waals surface area contributed by atoms with Crippen LogP contribution < -0.4 is 10.2 Å². The number of rotatable bonds is 4. The number of aromatic nitrogens is 1. The maximum atomic E-state index is 12.8. The van der Waals surface area contributed by atoms with Gasteiger partial charge in [0.15, 0.2) is 5.13 Å². The molecule has 1 N–H and O–H groups in total. The first-order chi connectivity index (χ1) is 14.9. The zero-order valence-corrected chi connectivity index (χ0v) is 19.5. The zero-order chi connectivity index (χ0) is 22.0. The Kier molecular flexibility index (Phi) is 6.65. The second-order valence-electron chi connectivity index (χ2n) is 8.66. The van der Waals surface area contributed by atoms with Crippen molar-refractivity contribution in [1.29, 1.82) is 0 Å². The summed E-state index contributed by atoms with van der Waals surface area (Å²) in [5, 5.41) is 4.28. The number of nitrogens with zero attached hydrogens (tertiary/aromatic N) is 3. The van der Waals surface area contributed by atoms with Crippen LogP contribution in [0.2, 0.25) is 0 Å². The van der Waals surface area contributed by atoms with Crippen LogP contribution in [-0.2, 0) is 9.53 Å². The first-order valence-corrected chi connectivity index (χ1v) is 12.1. The van der Waals surface area contributed by atoms with Crippen molar-refractivity contribution >= 4 is 38.7 Å². The summed E-state index contributed by atoms with van der Waals surface area (Å²) in [6.07, 6.45) is 3.02. The van der Waals surface area contributed by atoms with Crippen LogP contribution in [0.4, 0.5) is 9.93 Å². The highest BCUT2D eigenvalue weighted by Crippen LogP contribution is 2.33. The van der Waals surface area contributed by atoms with Crippen LogP contribution in [0, 0.1) is 19.8 Å². The summed E-state index contributed by atoms with van der Waals surface area (Å²) in [7, 11) is 0. The Morgan fingerprint density at radius 3 is 2.52 bits per heavy atom. The lowest BCUT2D eigenvalue weighted by atomic mass is 9.95. The Morgan fingerprint density at radius 1 is 1.13 bits per heavy atom. The van der Waals surface area contributed by atoms with Gasteiger partial charge in [-0.3, -0.25) is 4.79 Å². The van der Waals surface area contributed by atoms with Gasteiger partial charge in [-0.15, -0.1) is 0 Å². The van der Waals surface area contributed by atoms with E-state index in [0.717, 1.165) is 49.4 Å². The van der Waals surface area contributed by atoms with E-state index in [4.69, 9.17) is 9.72 Å². The third-order valence-electron chi connectivity index (χ3n) is 6.32. The molecule has 0 spiro atoms. The number of thiazole rings is 1. The van der Waals surface area contributed by atoms with Gasteiger partial charge in [0.05, 0.1) is 16.8 Å².